The van der Waals surface area contributed by atoms with E-state index in [9.17, 15) is 4.79 Å². The smallest absolute Gasteiger partial charge is 0.274 e. The highest BCUT2D eigenvalue weighted by Gasteiger charge is 2.30. The zero-order chi connectivity index (χ0) is 17.2. The second-order valence-corrected chi connectivity index (χ2v) is 6.58. The summed E-state index contributed by atoms with van der Waals surface area (Å²) in [5.74, 6) is 0.0401. The number of carbonyl (C=O) groups excluding carboxylic acids is 1. The standard InChI is InChI=1S/C18H23N5O2/c1-21-16-13-22(12-14-4-2-3-6-19-14)7-5-15(16)17(20-21)18(24)23-8-10-25-11-9-23/h2-4,6H,5,7-13H2,1H3. The van der Waals surface area contributed by atoms with Gasteiger partial charge in [0.05, 0.1) is 24.6 Å². The maximum atomic E-state index is 12.8. The Bertz CT molecular complexity index is 752. The van der Waals surface area contributed by atoms with Gasteiger partial charge in [0.15, 0.2) is 5.69 Å². The van der Waals surface area contributed by atoms with Crippen molar-refractivity contribution < 1.29 is 9.53 Å². The third-order valence-corrected chi connectivity index (χ3v) is 4.94. The van der Waals surface area contributed by atoms with E-state index in [1.54, 1.807) is 0 Å². The van der Waals surface area contributed by atoms with Crippen LogP contribution >= 0.6 is 0 Å². The molecule has 2 aliphatic rings. The summed E-state index contributed by atoms with van der Waals surface area (Å²) < 4.78 is 7.21. The molecule has 2 aliphatic heterocycles. The lowest BCUT2D eigenvalue weighted by molar-refractivity contribution is 0.0297. The van der Waals surface area contributed by atoms with Crippen LogP contribution in [0.1, 0.15) is 27.4 Å². The second kappa shape index (κ2) is 6.93. The van der Waals surface area contributed by atoms with E-state index in [0.717, 1.165) is 43.0 Å². The number of morpholine rings is 1. The number of hydrogen-bond donors (Lipinski definition) is 0. The number of hydrogen-bond acceptors (Lipinski definition) is 5. The van der Waals surface area contributed by atoms with Crippen molar-refractivity contribution in [3.05, 3.63) is 47.0 Å². The van der Waals surface area contributed by atoms with Crippen LogP contribution in [-0.2, 0) is 31.3 Å². The van der Waals surface area contributed by atoms with Gasteiger partial charge in [0.25, 0.3) is 5.91 Å². The van der Waals surface area contributed by atoms with Crippen LogP contribution in [0, 0.1) is 0 Å². The van der Waals surface area contributed by atoms with Gasteiger partial charge in [-0.25, -0.2) is 0 Å². The van der Waals surface area contributed by atoms with E-state index < -0.39 is 0 Å². The molecule has 0 bridgehead atoms. The van der Waals surface area contributed by atoms with E-state index in [1.165, 1.54) is 0 Å². The minimum Gasteiger partial charge on any atom is -0.378 e. The number of aryl methyl sites for hydroxylation is 1. The van der Waals surface area contributed by atoms with Crippen molar-refractivity contribution in [1.82, 2.24) is 24.6 Å². The fourth-order valence-electron chi connectivity index (χ4n) is 3.57. The second-order valence-electron chi connectivity index (χ2n) is 6.58. The van der Waals surface area contributed by atoms with Gasteiger partial charge in [-0.15, -0.1) is 0 Å². The summed E-state index contributed by atoms with van der Waals surface area (Å²) >= 11 is 0. The van der Waals surface area contributed by atoms with Gasteiger partial charge in [0, 0.05) is 51.5 Å². The lowest BCUT2D eigenvalue weighted by Gasteiger charge is -2.28. The Morgan fingerprint density at radius 3 is 2.84 bits per heavy atom. The number of aromatic nitrogens is 3. The van der Waals surface area contributed by atoms with Gasteiger partial charge >= 0.3 is 0 Å². The average molecular weight is 341 g/mol. The van der Waals surface area contributed by atoms with Crippen molar-refractivity contribution in [2.75, 3.05) is 32.8 Å². The molecule has 0 N–H and O–H groups in total. The lowest BCUT2D eigenvalue weighted by Crippen LogP contribution is -2.41. The normalized spacial score (nSPS) is 18.2. The quantitative estimate of drug-likeness (QED) is 0.828. The summed E-state index contributed by atoms with van der Waals surface area (Å²) in [6.45, 7) is 5.05. The third-order valence-electron chi connectivity index (χ3n) is 4.94. The molecule has 0 unspecified atom stereocenters. The highest BCUT2D eigenvalue weighted by Crippen LogP contribution is 2.24. The highest BCUT2D eigenvalue weighted by atomic mass is 16.5. The van der Waals surface area contributed by atoms with Crippen LogP contribution in [0.3, 0.4) is 0 Å². The molecule has 1 saturated heterocycles. The monoisotopic (exact) mass is 341 g/mol. The first-order valence-corrected chi connectivity index (χ1v) is 8.76. The molecule has 0 spiro atoms. The van der Waals surface area contributed by atoms with Crippen LogP contribution in [0.25, 0.3) is 0 Å². The summed E-state index contributed by atoms with van der Waals surface area (Å²) in [5.41, 5.74) is 3.93. The SMILES string of the molecule is Cn1nc(C(=O)N2CCOCC2)c2c1CN(Cc1ccccn1)CC2. The number of rotatable bonds is 3. The first-order valence-electron chi connectivity index (χ1n) is 8.76. The molecule has 0 saturated carbocycles. The van der Waals surface area contributed by atoms with Crippen molar-refractivity contribution in [1.29, 1.82) is 0 Å². The maximum Gasteiger partial charge on any atom is 0.274 e. The first kappa shape index (κ1) is 16.2. The van der Waals surface area contributed by atoms with Crippen molar-refractivity contribution in [3.63, 3.8) is 0 Å². The van der Waals surface area contributed by atoms with E-state index in [-0.39, 0.29) is 5.91 Å². The van der Waals surface area contributed by atoms with Crippen LogP contribution in [0.2, 0.25) is 0 Å². The Labute approximate surface area is 147 Å². The number of fused-ring (bicyclic) bond motifs is 1. The van der Waals surface area contributed by atoms with Crippen LogP contribution in [0.15, 0.2) is 24.4 Å². The van der Waals surface area contributed by atoms with E-state index >= 15 is 0 Å². The molecule has 7 heteroatoms. The Hall–Kier alpha value is -2.25. The molecule has 0 aliphatic carbocycles. The van der Waals surface area contributed by atoms with Gasteiger partial charge in [-0.1, -0.05) is 6.07 Å². The molecule has 132 valence electrons. The van der Waals surface area contributed by atoms with Crippen LogP contribution in [-0.4, -0.2) is 63.3 Å². The van der Waals surface area contributed by atoms with Gasteiger partial charge in [-0.05, 0) is 18.6 Å². The molecular weight excluding hydrogens is 318 g/mol. The predicted molar refractivity (Wildman–Crippen MR) is 92.0 cm³/mol. The summed E-state index contributed by atoms with van der Waals surface area (Å²) in [5, 5.41) is 4.55. The van der Waals surface area contributed by atoms with Crippen molar-refractivity contribution in [2.24, 2.45) is 7.05 Å². The molecule has 1 amide bonds. The number of carbonyl (C=O) groups is 1. The highest BCUT2D eigenvalue weighted by molar-refractivity contribution is 5.94. The summed E-state index contributed by atoms with van der Waals surface area (Å²) in [7, 11) is 1.93. The molecule has 4 heterocycles. The van der Waals surface area contributed by atoms with Crippen molar-refractivity contribution in [3.8, 4) is 0 Å². The number of amides is 1. The van der Waals surface area contributed by atoms with Gasteiger partial charge in [-0.3, -0.25) is 19.4 Å². The van der Waals surface area contributed by atoms with Gasteiger partial charge in [-0.2, -0.15) is 5.10 Å². The zero-order valence-corrected chi connectivity index (χ0v) is 14.5. The molecule has 7 nitrogen and oxygen atoms in total. The third kappa shape index (κ3) is 3.29. The predicted octanol–water partition coefficient (Wildman–Crippen LogP) is 0.846. The van der Waals surface area contributed by atoms with Crippen molar-refractivity contribution in [2.45, 2.75) is 19.5 Å². The molecule has 0 radical (unpaired) electrons. The molecule has 0 aromatic carbocycles. The molecule has 2 aromatic rings. The largest absolute Gasteiger partial charge is 0.378 e. The fraction of sp³-hybridized carbons (Fsp3) is 0.500. The molecule has 0 atom stereocenters. The number of nitrogens with zero attached hydrogens (tertiary/aromatic N) is 5. The summed E-state index contributed by atoms with van der Waals surface area (Å²) in [4.78, 5) is 21.4. The zero-order valence-electron chi connectivity index (χ0n) is 14.5. The summed E-state index contributed by atoms with van der Waals surface area (Å²) in [6, 6.07) is 6.00. The molecular formula is C18H23N5O2. The number of pyridine rings is 1. The molecule has 25 heavy (non-hydrogen) atoms. The van der Waals surface area contributed by atoms with E-state index in [0.29, 0.717) is 32.0 Å². The fourth-order valence-corrected chi connectivity index (χ4v) is 3.57. The molecule has 1 fully saturated rings. The lowest BCUT2D eigenvalue weighted by atomic mass is 10.0. The van der Waals surface area contributed by atoms with Gasteiger partial charge < -0.3 is 9.64 Å². The van der Waals surface area contributed by atoms with Crippen LogP contribution in [0.5, 0.6) is 0 Å². The Morgan fingerprint density at radius 1 is 1.24 bits per heavy atom. The summed E-state index contributed by atoms with van der Waals surface area (Å²) in [6.07, 6.45) is 2.68. The minimum absolute atomic E-state index is 0.0401. The minimum atomic E-state index is 0.0401. The average Bonchev–Trinajstić information content (AvgIpc) is 2.99. The molecule has 4 rings (SSSR count). The van der Waals surface area contributed by atoms with E-state index in [2.05, 4.69) is 15.0 Å². The van der Waals surface area contributed by atoms with Gasteiger partial charge in [0.2, 0.25) is 0 Å². The Kier molecular flexibility index (Phi) is 4.50. The van der Waals surface area contributed by atoms with Gasteiger partial charge in [0.1, 0.15) is 0 Å². The van der Waals surface area contributed by atoms with Crippen molar-refractivity contribution >= 4 is 5.91 Å². The van der Waals surface area contributed by atoms with Crippen LogP contribution < -0.4 is 0 Å². The van der Waals surface area contributed by atoms with E-state index in [4.69, 9.17) is 4.74 Å². The number of ether oxygens (including phenoxy) is 1. The topological polar surface area (TPSA) is 63.5 Å². The van der Waals surface area contributed by atoms with Crippen LogP contribution in [0.4, 0.5) is 0 Å². The maximum absolute atomic E-state index is 12.8. The Balaban J connectivity index is 1.51. The van der Waals surface area contributed by atoms with E-state index in [1.807, 2.05) is 41.0 Å². The molecule has 2 aromatic heterocycles. The first-order chi connectivity index (χ1) is 12.2. The Morgan fingerprint density at radius 2 is 2.08 bits per heavy atom.